The lowest BCUT2D eigenvalue weighted by atomic mass is 9.95. The molecule has 3 nitrogen and oxygen atoms in total. The first-order valence-electron chi connectivity index (χ1n) is 6.93. The summed E-state index contributed by atoms with van der Waals surface area (Å²) in [5, 5.41) is 10.1. The number of amides is 1. The number of aliphatic hydroxyl groups excluding tert-OH is 1. The summed E-state index contributed by atoms with van der Waals surface area (Å²) in [6.45, 7) is 4.36. The Balaban J connectivity index is 2.58. The van der Waals surface area contributed by atoms with Crippen molar-refractivity contribution in [1.82, 2.24) is 4.90 Å². The number of rotatable bonds is 6. The molecule has 0 heterocycles. The van der Waals surface area contributed by atoms with E-state index in [1.807, 2.05) is 12.1 Å². The average Bonchev–Trinajstić information content (AvgIpc) is 2.43. The Labute approximate surface area is 116 Å². The van der Waals surface area contributed by atoms with Crippen LogP contribution >= 0.6 is 0 Å². The van der Waals surface area contributed by atoms with Crippen LogP contribution in [0.1, 0.15) is 56.3 Å². The number of nitrogens with zero attached hydrogens (tertiary/aromatic N) is 1. The van der Waals surface area contributed by atoms with Gasteiger partial charge >= 0.3 is 0 Å². The molecule has 0 spiro atoms. The summed E-state index contributed by atoms with van der Waals surface area (Å²) in [6.07, 6.45) is 1.40. The van der Waals surface area contributed by atoms with Crippen molar-refractivity contribution in [2.24, 2.45) is 0 Å². The first kappa shape index (κ1) is 15.7. The second-order valence-corrected chi connectivity index (χ2v) is 5.32. The number of carbonyl (C=O) groups excluding carboxylic acids is 1. The summed E-state index contributed by atoms with van der Waals surface area (Å²) in [5.41, 5.74) is 2.18. The fourth-order valence-electron chi connectivity index (χ4n) is 1.93. The number of benzene rings is 1. The molecule has 1 aromatic carbocycles. The summed E-state index contributed by atoms with van der Waals surface area (Å²) >= 11 is 0. The van der Waals surface area contributed by atoms with Crippen LogP contribution in [0.2, 0.25) is 0 Å². The van der Waals surface area contributed by atoms with Crippen molar-refractivity contribution in [2.45, 2.75) is 45.1 Å². The highest BCUT2D eigenvalue weighted by Gasteiger charge is 2.12. The minimum Gasteiger partial charge on any atom is -0.388 e. The van der Waals surface area contributed by atoms with Crippen LogP contribution in [0.25, 0.3) is 0 Å². The van der Waals surface area contributed by atoms with Crippen LogP contribution in [0, 0.1) is 0 Å². The molecule has 2 unspecified atom stereocenters. The highest BCUT2D eigenvalue weighted by molar-refractivity contribution is 5.75. The Morgan fingerprint density at radius 2 is 1.74 bits per heavy atom. The smallest absolute Gasteiger partial charge is 0.222 e. The van der Waals surface area contributed by atoms with Gasteiger partial charge in [0, 0.05) is 20.5 Å². The van der Waals surface area contributed by atoms with E-state index in [1.54, 1.807) is 19.0 Å². The fraction of sp³-hybridized carbons (Fsp3) is 0.562. The van der Waals surface area contributed by atoms with Crippen LogP contribution in [-0.4, -0.2) is 30.0 Å². The highest BCUT2D eigenvalue weighted by atomic mass is 16.3. The first-order valence-corrected chi connectivity index (χ1v) is 6.93. The first-order chi connectivity index (χ1) is 8.95. The van der Waals surface area contributed by atoms with E-state index in [2.05, 4.69) is 26.0 Å². The van der Waals surface area contributed by atoms with Crippen molar-refractivity contribution in [3.8, 4) is 0 Å². The standard InChI is InChI=1S/C16H25NO2/c1-5-12(2)13-6-8-14(9-7-13)15(18)10-11-16(19)17(3)4/h6-9,12,15,18H,5,10-11H2,1-4H3. The predicted molar refractivity (Wildman–Crippen MR) is 78.0 cm³/mol. The van der Waals surface area contributed by atoms with E-state index in [-0.39, 0.29) is 5.91 Å². The second kappa shape index (κ2) is 7.29. The van der Waals surface area contributed by atoms with Crippen LogP contribution < -0.4 is 0 Å². The van der Waals surface area contributed by atoms with Gasteiger partial charge in [0.2, 0.25) is 5.91 Å². The largest absolute Gasteiger partial charge is 0.388 e. The van der Waals surface area contributed by atoms with Crippen molar-refractivity contribution in [3.05, 3.63) is 35.4 Å². The normalized spacial score (nSPS) is 13.9. The van der Waals surface area contributed by atoms with Crippen LogP contribution in [-0.2, 0) is 4.79 Å². The molecule has 1 rings (SSSR count). The Bertz CT molecular complexity index is 398. The van der Waals surface area contributed by atoms with Crippen LogP contribution in [0.5, 0.6) is 0 Å². The number of hydrogen-bond acceptors (Lipinski definition) is 2. The fourth-order valence-corrected chi connectivity index (χ4v) is 1.93. The van der Waals surface area contributed by atoms with E-state index in [9.17, 15) is 9.90 Å². The molecule has 0 saturated heterocycles. The second-order valence-electron chi connectivity index (χ2n) is 5.32. The summed E-state index contributed by atoms with van der Waals surface area (Å²) in [5.74, 6) is 0.594. The molecule has 3 heteroatoms. The lowest BCUT2D eigenvalue weighted by Gasteiger charge is -2.15. The molecular formula is C16H25NO2. The monoisotopic (exact) mass is 263 g/mol. The van der Waals surface area contributed by atoms with Gasteiger partial charge in [-0.1, -0.05) is 38.1 Å². The number of carbonyl (C=O) groups is 1. The van der Waals surface area contributed by atoms with Gasteiger partial charge in [-0.15, -0.1) is 0 Å². The summed E-state index contributed by atoms with van der Waals surface area (Å²) in [7, 11) is 3.46. The highest BCUT2D eigenvalue weighted by Crippen LogP contribution is 2.23. The van der Waals surface area contributed by atoms with Gasteiger partial charge in [-0.05, 0) is 29.9 Å². The zero-order chi connectivity index (χ0) is 14.4. The molecule has 0 aliphatic heterocycles. The minimum absolute atomic E-state index is 0.0512. The van der Waals surface area contributed by atoms with E-state index in [0.717, 1.165) is 12.0 Å². The third-order valence-corrected chi connectivity index (χ3v) is 3.63. The quantitative estimate of drug-likeness (QED) is 0.856. The van der Waals surface area contributed by atoms with Crippen LogP contribution in [0.4, 0.5) is 0 Å². The average molecular weight is 263 g/mol. The molecule has 106 valence electrons. The molecule has 0 aliphatic carbocycles. The Hall–Kier alpha value is -1.35. The maximum atomic E-state index is 11.5. The van der Waals surface area contributed by atoms with Crippen molar-refractivity contribution in [2.75, 3.05) is 14.1 Å². The Kier molecular flexibility index (Phi) is 6.03. The SMILES string of the molecule is CCC(C)c1ccc(C(O)CCC(=O)N(C)C)cc1. The molecule has 0 fully saturated rings. The third kappa shape index (κ3) is 4.67. The zero-order valence-electron chi connectivity index (χ0n) is 12.4. The molecule has 1 amide bonds. The molecule has 0 saturated carbocycles. The van der Waals surface area contributed by atoms with Gasteiger partial charge < -0.3 is 10.0 Å². The van der Waals surface area contributed by atoms with E-state index in [4.69, 9.17) is 0 Å². The predicted octanol–water partition coefficient (Wildman–Crippen LogP) is 3.10. The lowest BCUT2D eigenvalue weighted by Crippen LogP contribution is -2.21. The maximum absolute atomic E-state index is 11.5. The van der Waals surface area contributed by atoms with Crippen molar-refractivity contribution >= 4 is 5.91 Å². The van der Waals surface area contributed by atoms with E-state index in [0.29, 0.717) is 18.8 Å². The van der Waals surface area contributed by atoms with Gasteiger partial charge in [-0.2, -0.15) is 0 Å². The zero-order valence-corrected chi connectivity index (χ0v) is 12.4. The van der Waals surface area contributed by atoms with E-state index in [1.165, 1.54) is 5.56 Å². The molecule has 0 bridgehead atoms. The third-order valence-electron chi connectivity index (χ3n) is 3.63. The topological polar surface area (TPSA) is 40.5 Å². The lowest BCUT2D eigenvalue weighted by molar-refractivity contribution is -0.129. The molecule has 1 N–H and O–H groups in total. The van der Waals surface area contributed by atoms with Crippen molar-refractivity contribution in [3.63, 3.8) is 0 Å². The summed E-state index contributed by atoms with van der Waals surface area (Å²) in [4.78, 5) is 13.0. The summed E-state index contributed by atoms with van der Waals surface area (Å²) in [6, 6.07) is 8.07. The van der Waals surface area contributed by atoms with Gasteiger partial charge in [-0.25, -0.2) is 0 Å². The van der Waals surface area contributed by atoms with Crippen molar-refractivity contribution < 1.29 is 9.90 Å². The maximum Gasteiger partial charge on any atom is 0.222 e. The van der Waals surface area contributed by atoms with Gasteiger partial charge in [0.1, 0.15) is 0 Å². The molecular weight excluding hydrogens is 238 g/mol. The molecule has 0 aromatic heterocycles. The Morgan fingerprint density at radius 3 is 2.21 bits per heavy atom. The Morgan fingerprint density at radius 1 is 1.21 bits per heavy atom. The van der Waals surface area contributed by atoms with E-state index < -0.39 is 6.10 Å². The molecule has 0 aliphatic rings. The molecule has 1 aromatic rings. The van der Waals surface area contributed by atoms with Gasteiger partial charge in [0.25, 0.3) is 0 Å². The van der Waals surface area contributed by atoms with E-state index >= 15 is 0 Å². The van der Waals surface area contributed by atoms with Gasteiger partial charge in [-0.3, -0.25) is 4.79 Å². The molecule has 2 atom stereocenters. The minimum atomic E-state index is -0.560. The van der Waals surface area contributed by atoms with Gasteiger partial charge in [0.05, 0.1) is 6.10 Å². The number of hydrogen-bond donors (Lipinski definition) is 1. The van der Waals surface area contributed by atoms with Crippen LogP contribution in [0.3, 0.4) is 0 Å². The molecule has 19 heavy (non-hydrogen) atoms. The summed E-state index contributed by atoms with van der Waals surface area (Å²) < 4.78 is 0. The van der Waals surface area contributed by atoms with Gasteiger partial charge in [0.15, 0.2) is 0 Å². The molecule has 0 radical (unpaired) electrons. The number of aliphatic hydroxyl groups is 1. The van der Waals surface area contributed by atoms with Crippen LogP contribution in [0.15, 0.2) is 24.3 Å². The van der Waals surface area contributed by atoms with Crippen molar-refractivity contribution in [1.29, 1.82) is 0 Å².